The number of phenolic OH excluding ortho intramolecular Hbond substituents is 3. The second kappa shape index (κ2) is 6.03. The Hall–Kier alpha value is -2.77. The average Bonchev–Trinajstić information content (AvgIpc) is 2.84. The van der Waals surface area contributed by atoms with Gasteiger partial charge in [0.15, 0.2) is 17.2 Å². The van der Waals surface area contributed by atoms with Gasteiger partial charge in [-0.05, 0) is 24.3 Å². The van der Waals surface area contributed by atoms with E-state index in [2.05, 4.69) is 15.5 Å². The molecule has 9 heteroatoms. The normalized spacial score (nSPS) is 15.1. The van der Waals surface area contributed by atoms with E-state index in [4.69, 9.17) is 23.2 Å². The molecule has 0 unspecified atom stereocenters. The fourth-order valence-corrected chi connectivity index (χ4v) is 2.66. The van der Waals surface area contributed by atoms with Crippen molar-refractivity contribution in [3.63, 3.8) is 0 Å². The first-order valence-electron chi connectivity index (χ1n) is 6.54. The van der Waals surface area contributed by atoms with Gasteiger partial charge in [0.1, 0.15) is 0 Å². The average molecular weight is 366 g/mol. The number of anilines is 1. The standard InChI is InChI=1S/C15H9Cl2N3O4/c16-7-3-8-11(9(17)4-7)19-15(24)12(8)20-18-5-6-1-2-10(21)14(23)13(6)22/h1-5,21-23H,(H,19,20,24). The molecule has 3 rings (SSSR count). The summed E-state index contributed by atoms with van der Waals surface area (Å²) >= 11 is 11.9. The van der Waals surface area contributed by atoms with E-state index in [-0.39, 0.29) is 16.3 Å². The summed E-state index contributed by atoms with van der Waals surface area (Å²) in [5, 5.41) is 39.1. The molecule has 1 aliphatic rings. The first-order chi connectivity index (χ1) is 11.4. The molecule has 0 saturated carbocycles. The number of hydrogen-bond donors (Lipinski definition) is 4. The summed E-state index contributed by atoms with van der Waals surface area (Å²) in [6.07, 6.45) is 1.12. The zero-order valence-electron chi connectivity index (χ0n) is 11.8. The van der Waals surface area contributed by atoms with E-state index in [0.717, 1.165) is 6.21 Å². The lowest BCUT2D eigenvalue weighted by Crippen LogP contribution is -2.13. The van der Waals surface area contributed by atoms with Crippen molar-refractivity contribution in [1.82, 2.24) is 0 Å². The first kappa shape index (κ1) is 16.1. The van der Waals surface area contributed by atoms with Gasteiger partial charge in [-0.15, -0.1) is 5.10 Å². The number of carbonyl (C=O) groups is 1. The quantitative estimate of drug-likeness (QED) is 0.372. The van der Waals surface area contributed by atoms with Gasteiger partial charge in [0, 0.05) is 16.1 Å². The van der Waals surface area contributed by atoms with Crippen molar-refractivity contribution in [3.8, 4) is 17.2 Å². The molecule has 24 heavy (non-hydrogen) atoms. The van der Waals surface area contributed by atoms with E-state index in [1.165, 1.54) is 24.3 Å². The highest BCUT2D eigenvalue weighted by molar-refractivity contribution is 6.56. The van der Waals surface area contributed by atoms with Crippen LogP contribution < -0.4 is 5.32 Å². The van der Waals surface area contributed by atoms with Crippen LogP contribution >= 0.6 is 23.2 Å². The predicted molar refractivity (Wildman–Crippen MR) is 90.7 cm³/mol. The number of carbonyl (C=O) groups excluding carboxylic acids is 1. The van der Waals surface area contributed by atoms with E-state index >= 15 is 0 Å². The highest BCUT2D eigenvalue weighted by atomic mass is 35.5. The lowest BCUT2D eigenvalue weighted by molar-refractivity contribution is -0.110. The van der Waals surface area contributed by atoms with Gasteiger partial charge in [-0.1, -0.05) is 23.2 Å². The van der Waals surface area contributed by atoms with Crippen molar-refractivity contribution in [2.45, 2.75) is 0 Å². The van der Waals surface area contributed by atoms with E-state index in [1.54, 1.807) is 0 Å². The molecule has 0 aliphatic carbocycles. The smallest absolute Gasteiger partial charge is 0.276 e. The van der Waals surface area contributed by atoms with Crippen LogP contribution in [0.15, 0.2) is 34.5 Å². The number of fused-ring (bicyclic) bond motifs is 1. The maximum Gasteiger partial charge on any atom is 0.276 e. The third-order valence-corrected chi connectivity index (χ3v) is 3.80. The molecule has 0 bridgehead atoms. The zero-order chi connectivity index (χ0) is 17.4. The molecule has 1 heterocycles. The minimum absolute atomic E-state index is 0.00754. The minimum Gasteiger partial charge on any atom is -0.504 e. The summed E-state index contributed by atoms with van der Waals surface area (Å²) in [5.74, 6) is -2.19. The summed E-state index contributed by atoms with van der Waals surface area (Å²) in [7, 11) is 0. The van der Waals surface area contributed by atoms with Gasteiger partial charge in [-0.2, -0.15) is 5.10 Å². The lowest BCUT2D eigenvalue weighted by atomic mass is 10.1. The molecule has 0 fully saturated rings. The lowest BCUT2D eigenvalue weighted by Gasteiger charge is -2.02. The Morgan fingerprint density at radius 3 is 2.58 bits per heavy atom. The van der Waals surface area contributed by atoms with Gasteiger partial charge < -0.3 is 20.6 Å². The van der Waals surface area contributed by atoms with Crippen molar-refractivity contribution in [2.24, 2.45) is 10.2 Å². The third kappa shape index (κ3) is 2.75. The van der Waals surface area contributed by atoms with Gasteiger partial charge in [-0.25, -0.2) is 0 Å². The Morgan fingerprint density at radius 1 is 1.08 bits per heavy atom. The van der Waals surface area contributed by atoms with Crippen LogP contribution in [0.25, 0.3) is 0 Å². The minimum atomic E-state index is -0.672. The second-order valence-electron chi connectivity index (χ2n) is 4.83. The van der Waals surface area contributed by atoms with Crippen molar-refractivity contribution < 1.29 is 20.1 Å². The maximum absolute atomic E-state index is 12.0. The molecule has 2 aromatic carbocycles. The molecule has 1 amide bonds. The molecule has 0 aromatic heterocycles. The van der Waals surface area contributed by atoms with E-state index in [1.807, 2.05) is 0 Å². The second-order valence-corrected chi connectivity index (χ2v) is 5.67. The van der Waals surface area contributed by atoms with Crippen LogP contribution in [0.3, 0.4) is 0 Å². The van der Waals surface area contributed by atoms with Gasteiger partial charge in [-0.3, -0.25) is 4.79 Å². The van der Waals surface area contributed by atoms with Crippen LogP contribution in [-0.2, 0) is 4.79 Å². The number of amides is 1. The van der Waals surface area contributed by atoms with E-state index in [9.17, 15) is 20.1 Å². The van der Waals surface area contributed by atoms with Crippen LogP contribution in [0.2, 0.25) is 10.0 Å². The topological polar surface area (TPSA) is 115 Å². The van der Waals surface area contributed by atoms with Gasteiger partial charge in [0.25, 0.3) is 5.91 Å². The van der Waals surface area contributed by atoms with Crippen LogP contribution in [0, 0.1) is 0 Å². The molecule has 2 aromatic rings. The predicted octanol–water partition coefficient (Wildman–Crippen LogP) is 2.89. The highest BCUT2D eigenvalue weighted by Gasteiger charge is 2.28. The highest BCUT2D eigenvalue weighted by Crippen LogP contribution is 2.36. The number of nitrogens with zero attached hydrogens (tertiary/aromatic N) is 2. The zero-order valence-corrected chi connectivity index (χ0v) is 13.3. The first-order valence-corrected chi connectivity index (χ1v) is 7.29. The van der Waals surface area contributed by atoms with Crippen molar-refractivity contribution in [1.29, 1.82) is 0 Å². The summed E-state index contributed by atoms with van der Waals surface area (Å²) in [6, 6.07) is 5.52. The molecule has 4 N–H and O–H groups in total. The van der Waals surface area contributed by atoms with Crippen LogP contribution in [-0.4, -0.2) is 33.2 Å². The molecule has 0 spiro atoms. The maximum atomic E-state index is 12.0. The number of rotatable bonds is 2. The SMILES string of the molecule is O=C1Nc2c(Cl)cc(Cl)cc2C1=NN=Cc1ccc(O)c(O)c1O. The molecule has 7 nitrogen and oxygen atoms in total. The van der Waals surface area contributed by atoms with Crippen molar-refractivity contribution in [2.75, 3.05) is 5.32 Å². The van der Waals surface area contributed by atoms with E-state index < -0.39 is 23.2 Å². The fourth-order valence-electron chi connectivity index (χ4n) is 2.12. The Labute approximate surface area is 145 Å². The molecule has 1 aliphatic heterocycles. The Balaban J connectivity index is 1.97. The summed E-state index contributed by atoms with van der Waals surface area (Å²) in [5.41, 5.74) is 0.920. The largest absolute Gasteiger partial charge is 0.504 e. The summed E-state index contributed by atoms with van der Waals surface area (Å²) in [6.45, 7) is 0. The Bertz CT molecular complexity index is 925. The van der Waals surface area contributed by atoms with E-state index in [0.29, 0.717) is 16.3 Å². The number of halogens is 2. The molecule has 0 radical (unpaired) electrons. The van der Waals surface area contributed by atoms with Crippen LogP contribution in [0.4, 0.5) is 5.69 Å². The fraction of sp³-hybridized carbons (Fsp3) is 0. The monoisotopic (exact) mass is 365 g/mol. The number of phenols is 3. The Kier molecular flexibility index (Phi) is 4.04. The van der Waals surface area contributed by atoms with Gasteiger partial charge >= 0.3 is 0 Å². The van der Waals surface area contributed by atoms with Crippen LogP contribution in [0.1, 0.15) is 11.1 Å². The molecule has 0 saturated heterocycles. The number of benzene rings is 2. The van der Waals surface area contributed by atoms with Crippen LogP contribution in [0.5, 0.6) is 17.2 Å². The third-order valence-electron chi connectivity index (χ3n) is 3.28. The number of aromatic hydroxyl groups is 3. The van der Waals surface area contributed by atoms with Gasteiger partial charge in [0.2, 0.25) is 5.75 Å². The van der Waals surface area contributed by atoms with Gasteiger partial charge in [0.05, 0.1) is 16.9 Å². The Morgan fingerprint density at radius 2 is 1.83 bits per heavy atom. The molecular weight excluding hydrogens is 357 g/mol. The molecule has 122 valence electrons. The molecule has 0 atom stereocenters. The summed E-state index contributed by atoms with van der Waals surface area (Å²) < 4.78 is 0. The number of hydrogen-bond acceptors (Lipinski definition) is 6. The van der Waals surface area contributed by atoms with Crippen molar-refractivity contribution >= 4 is 46.7 Å². The summed E-state index contributed by atoms with van der Waals surface area (Å²) in [4.78, 5) is 12.0. The number of nitrogens with one attached hydrogen (secondary N) is 1. The molecular formula is C15H9Cl2N3O4. The van der Waals surface area contributed by atoms with Crippen molar-refractivity contribution in [3.05, 3.63) is 45.4 Å².